The number of ether oxygens (including phenoxy) is 1. The highest BCUT2D eigenvalue weighted by Crippen LogP contribution is 2.18. The summed E-state index contributed by atoms with van der Waals surface area (Å²) in [5.74, 6) is 0.228. The van der Waals surface area contributed by atoms with E-state index in [9.17, 15) is 4.79 Å². The van der Waals surface area contributed by atoms with Gasteiger partial charge in [0.15, 0.2) is 0 Å². The van der Waals surface area contributed by atoms with Crippen molar-refractivity contribution in [3.8, 4) is 0 Å². The SMILES string of the molecule is CC(C=O)CCCC1CCCO1. The first-order valence-electron chi connectivity index (χ1n) is 4.90. The van der Waals surface area contributed by atoms with E-state index in [4.69, 9.17) is 4.74 Å². The van der Waals surface area contributed by atoms with Crippen molar-refractivity contribution >= 4 is 6.29 Å². The molecule has 0 aromatic rings. The van der Waals surface area contributed by atoms with Gasteiger partial charge in [-0.3, -0.25) is 0 Å². The van der Waals surface area contributed by atoms with E-state index in [0.717, 1.165) is 32.2 Å². The van der Waals surface area contributed by atoms with E-state index < -0.39 is 0 Å². The predicted octanol–water partition coefficient (Wildman–Crippen LogP) is 2.17. The highest BCUT2D eigenvalue weighted by atomic mass is 16.5. The third-order valence-corrected chi connectivity index (χ3v) is 2.44. The Morgan fingerprint density at radius 1 is 1.67 bits per heavy atom. The van der Waals surface area contributed by atoms with Crippen LogP contribution in [-0.2, 0) is 9.53 Å². The van der Waals surface area contributed by atoms with Gasteiger partial charge in [-0.15, -0.1) is 0 Å². The van der Waals surface area contributed by atoms with Crippen LogP contribution in [-0.4, -0.2) is 19.0 Å². The fraction of sp³-hybridized carbons (Fsp3) is 0.900. The maximum atomic E-state index is 10.3. The van der Waals surface area contributed by atoms with Crippen molar-refractivity contribution in [2.75, 3.05) is 6.61 Å². The molecule has 0 aromatic heterocycles. The van der Waals surface area contributed by atoms with Gasteiger partial charge in [-0.05, 0) is 25.7 Å². The zero-order valence-electron chi connectivity index (χ0n) is 7.79. The molecule has 0 saturated carbocycles. The Labute approximate surface area is 74.3 Å². The molecule has 70 valence electrons. The van der Waals surface area contributed by atoms with Crippen LogP contribution in [0.3, 0.4) is 0 Å². The van der Waals surface area contributed by atoms with Crippen molar-refractivity contribution in [1.82, 2.24) is 0 Å². The van der Waals surface area contributed by atoms with Crippen LogP contribution in [0.5, 0.6) is 0 Å². The molecule has 12 heavy (non-hydrogen) atoms. The lowest BCUT2D eigenvalue weighted by Gasteiger charge is -2.09. The lowest BCUT2D eigenvalue weighted by atomic mass is 10.0. The molecule has 0 radical (unpaired) electrons. The second kappa shape index (κ2) is 5.31. The van der Waals surface area contributed by atoms with Crippen LogP contribution < -0.4 is 0 Å². The molecule has 1 rings (SSSR count). The number of hydrogen-bond donors (Lipinski definition) is 0. The first-order valence-corrected chi connectivity index (χ1v) is 4.90. The van der Waals surface area contributed by atoms with E-state index in [-0.39, 0.29) is 5.92 Å². The molecule has 1 aliphatic heterocycles. The van der Waals surface area contributed by atoms with Crippen LogP contribution in [0.1, 0.15) is 39.0 Å². The van der Waals surface area contributed by atoms with Crippen molar-refractivity contribution in [1.29, 1.82) is 0 Å². The van der Waals surface area contributed by atoms with Crippen molar-refractivity contribution in [3.05, 3.63) is 0 Å². The minimum Gasteiger partial charge on any atom is -0.378 e. The predicted molar refractivity (Wildman–Crippen MR) is 48.1 cm³/mol. The summed E-state index contributed by atoms with van der Waals surface area (Å²) < 4.78 is 5.48. The molecule has 1 aliphatic rings. The minimum absolute atomic E-state index is 0.228. The van der Waals surface area contributed by atoms with Crippen molar-refractivity contribution in [3.63, 3.8) is 0 Å². The van der Waals surface area contributed by atoms with Crippen LogP contribution in [0, 0.1) is 5.92 Å². The van der Waals surface area contributed by atoms with E-state index in [1.54, 1.807) is 0 Å². The van der Waals surface area contributed by atoms with Gasteiger partial charge < -0.3 is 9.53 Å². The van der Waals surface area contributed by atoms with Gasteiger partial charge in [0, 0.05) is 12.5 Å². The van der Waals surface area contributed by atoms with Gasteiger partial charge in [-0.2, -0.15) is 0 Å². The van der Waals surface area contributed by atoms with Crippen LogP contribution >= 0.6 is 0 Å². The topological polar surface area (TPSA) is 26.3 Å². The third-order valence-electron chi connectivity index (χ3n) is 2.44. The Morgan fingerprint density at radius 2 is 2.50 bits per heavy atom. The van der Waals surface area contributed by atoms with Crippen molar-refractivity contribution in [2.24, 2.45) is 5.92 Å². The minimum atomic E-state index is 0.228. The molecule has 0 aromatic carbocycles. The van der Waals surface area contributed by atoms with Crippen LogP contribution in [0.15, 0.2) is 0 Å². The van der Waals surface area contributed by atoms with Crippen LogP contribution in [0.2, 0.25) is 0 Å². The van der Waals surface area contributed by atoms with Gasteiger partial charge in [0.1, 0.15) is 6.29 Å². The fourth-order valence-electron chi connectivity index (χ4n) is 1.61. The summed E-state index contributed by atoms with van der Waals surface area (Å²) >= 11 is 0. The molecule has 0 N–H and O–H groups in total. The Kier molecular flexibility index (Phi) is 4.30. The second-order valence-corrected chi connectivity index (χ2v) is 3.68. The molecule has 0 spiro atoms. The number of carbonyl (C=O) groups excluding carboxylic acids is 1. The standard InChI is InChI=1S/C10H18O2/c1-9(8-11)4-2-5-10-6-3-7-12-10/h8-10H,2-7H2,1H3. The Bertz CT molecular complexity index is 128. The summed E-state index contributed by atoms with van der Waals surface area (Å²) in [6, 6.07) is 0. The van der Waals surface area contributed by atoms with E-state index in [1.165, 1.54) is 12.8 Å². The molecular formula is C10H18O2. The smallest absolute Gasteiger partial charge is 0.122 e. The van der Waals surface area contributed by atoms with Crippen LogP contribution in [0.25, 0.3) is 0 Å². The zero-order valence-corrected chi connectivity index (χ0v) is 7.79. The summed E-state index contributed by atoms with van der Waals surface area (Å²) in [6.07, 6.45) is 7.24. The van der Waals surface area contributed by atoms with E-state index in [1.807, 2.05) is 6.92 Å². The average molecular weight is 170 g/mol. The molecule has 1 heterocycles. The molecule has 0 aliphatic carbocycles. The van der Waals surface area contributed by atoms with Gasteiger partial charge in [-0.25, -0.2) is 0 Å². The van der Waals surface area contributed by atoms with Crippen molar-refractivity contribution < 1.29 is 9.53 Å². The maximum absolute atomic E-state index is 10.3. The Balaban J connectivity index is 1.97. The van der Waals surface area contributed by atoms with Crippen molar-refractivity contribution in [2.45, 2.75) is 45.1 Å². The normalized spacial score (nSPS) is 25.6. The van der Waals surface area contributed by atoms with E-state index >= 15 is 0 Å². The van der Waals surface area contributed by atoms with E-state index in [0.29, 0.717) is 6.10 Å². The average Bonchev–Trinajstić information content (AvgIpc) is 2.57. The molecule has 1 fully saturated rings. The number of carbonyl (C=O) groups is 1. The summed E-state index contributed by atoms with van der Waals surface area (Å²) in [5.41, 5.74) is 0. The van der Waals surface area contributed by atoms with Gasteiger partial charge in [0.2, 0.25) is 0 Å². The first-order chi connectivity index (χ1) is 5.83. The number of hydrogen-bond acceptors (Lipinski definition) is 2. The molecule has 2 nitrogen and oxygen atoms in total. The van der Waals surface area contributed by atoms with E-state index in [2.05, 4.69) is 0 Å². The quantitative estimate of drug-likeness (QED) is 0.591. The molecule has 0 bridgehead atoms. The summed E-state index contributed by atoms with van der Waals surface area (Å²) in [4.78, 5) is 10.3. The second-order valence-electron chi connectivity index (χ2n) is 3.68. The molecular weight excluding hydrogens is 152 g/mol. The van der Waals surface area contributed by atoms with Crippen LogP contribution in [0.4, 0.5) is 0 Å². The van der Waals surface area contributed by atoms with Gasteiger partial charge in [0.25, 0.3) is 0 Å². The summed E-state index contributed by atoms with van der Waals surface area (Å²) in [5, 5.41) is 0. The molecule has 0 amide bonds. The maximum Gasteiger partial charge on any atom is 0.122 e. The number of rotatable bonds is 5. The third kappa shape index (κ3) is 3.35. The molecule has 2 heteroatoms. The highest BCUT2D eigenvalue weighted by Gasteiger charge is 2.14. The molecule has 2 atom stereocenters. The summed E-state index contributed by atoms with van der Waals surface area (Å²) in [7, 11) is 0. The first kappa shape index (κ1) is 9.72. The summed E-state index contributed by atoms with van der Waals surface area (Å²) in [6.45, 7) is 2.91. The zero-order chi connectivity index (χ0) is 8.81. The lowest BCUT2D eigenvalue weighted by molar-refractivity contribution is -0.110. The number of aldehydes is 1. The molecule has 2 unspecified atom stereocenters. The fourth-order valence-corrected chi connectivity index (χ4v) is 1.61. The van der Waals surface area contributed by atoms with Gasteiger partial charge in [0.05, 0.1) is 6.10 Å². The lowest BCUT2D eigenvalue weighted by Crippen LogP contribution is -2.05. The van der Waals surface area contributed by atoms with Gasteiger partial charge in [-0.1, -0.05) is 13.3 Å². The molecule has 1 saturated heterocycles. The van der Waals surface area contributed by atoms with Gasteiger partial charge >= 0.3 is 0 Å². The Hall–Kier alpha value is -0.370. The largest absolute Gasteiger partial charge is 0.378 e. The monoisotopic (exact) mass is 170 g/mol. The Morgan fingerprint density at radius 3 is 3.08 bits per heavy atom. The highest BCUT2D eigenvalue weighted by molar-refractivity contribution is 5.52.